The molecule has 102 valence electrons. The van der Waals surface area contributed by atoms with Gasteiger partial charge >= 0.3 is 0 Å². The highest BCUT2D eigenvalue weighted by Gasteiger charge is 2.18. The van der Waals surface area contributed by atoms with Gasteiger partial charge in [-0.3, -0.25) is 0 Å². The highest BCUT2D eigenvalue weighted by molar-refractivity contribution is 6.05. The summed E-state index contributed by atoms with van der Waals surface area (Å²) >= 11 is 0. The summed E-state index contributed by atoms with van der Waals surface area (Å²) < 4.78 is 33.2. The van der Waals surface area contributed by atoms with E-state index in [1.54, 1.807) is 12.1 Å². The minimum atomic E-state index is -0.910. The minimum absolute atomic E-state index is 0.0621. The van der Waals surface area contributed by atoms with Gasteiger partial charge in [-0.2, -0.15) is 4.39 Å². The maximum absolute atomic E-state index is 14.3. The lowest BCUT2D eigenvalue weighted by atomic mass is 10.1. The van der Waals surface area contributed by atoms with Crippen LogP contribution >= 0.6 is 0 Å². The lowest BCUT2D eigenvalue weighted by Crippen LogP contribution is -1.91. The van der Waals surface area contributed by atoms with Crippen LogP contribution in [0, 0.1) is 11.6 Å². The average molecular weight is 276 g/mol. The van der Waals surface area contributed by atoms with Crippen molar-refractivity contribution < 1.29 is 23.1 Å². The predicted molar refractivity (Wildman–Crippen MR) is 69.7 cm³/mol. The number of furan rings is 1. The number of aldehydes is 1. The van der Waals surface area contributed by atoms with Crippen LogP contribution in [0.3, 0.4) is 0 Å². The number of rotatable bonds is 3. The number of carbonyl (C=O) groups excluding carboxylic acids is 1. The number of hydrogen-bond donors (Lipinski definition) is 1. The smallest absolute Gasteiger partial charge is 0.207 e. The second-order valence-electron chi connectivity index (χ2n) is 4.50. The molecule has 0 bridgehead atoms. The van der Waals surface area contributed by atoms with Gasteiger partial charge in [-0.1, -0.05) is 6.07 Å². The first-order valence-electron chi connectivity index (χ1n) is 6.08. The van der Waals surface area contributed by atoms with Crippen LogP contribution in [0.1, 0.15) is 12.0 Å². The van der Waals surface area contributed by atoms with Crippen LogP contribution in [0.15, 0.2) is 28.7 Å². The summed E-state index contributed by atoms with van der Waals surface area (Å²) in [6.45, 7) is 0. The molecule has 0 spiro atoms. The van der Waals surface area contributed by atoms with Crippen LogP contribution in [-0.4, -0.2) is 11.4 Å². The van der Waals surface area contributed by atoms with E-state index in [0.717, 1.165) is 0 Å². The van der Waals surface area contributed by atoms with Crippen molar-refractivity contribution in [3.05, 3.63) is 41.5 Å². The molecule has 3 rings (SSSR count). The molecular formula is C15H10F2O3. The fraction of sp³-hybridized carbons (Fsp3) is 0.133. The Morgan fingerprint density at radius 1 is 1.05 bits per heavy atom. The first-order valence-corrected chi connectivity index (χ1v) is 6.08. The van der Waals surface area contributed by atoms with Crippen LogP contribution in [0.2, 0.25) is 0 Å². The molecule has 0 amide bonds. The molecule has 0 atom stereocenters. The molecule has 0 saturated carbocycles. The van der Waals surface area contributed by atoms with E-state index < -0.39 is 17.4 Å². The Morgan fingerprint density at radius 2 is 1.70 bits per heavy atom. The monoisotopic (exact) mass is 276 g/mol. The van der Waals surface area contributed by atoms with E-state index in [1.807, 2.05) is 0 Å². The third-order valence-electron chi connectivity index (χ3n) is 3.28. The summed E-state index contributed by atoms with van der Waals surface area (Å²) in [5, 5.41) is 10.2. The standard InChI is InChI=1S/C15H10F2O3/c16-12-8(2-1-7-18)3-4-9-10-5-6-11(19)13(17)15(10)20-14(9)12/h3-7,19H,1-2H2. The third-order valence-corrected chi connectivity index (χ3v) is 3.28. The Labute approximate surface area is 112 Å². The summed E-state index contributed by atoms with van der Waals surface area (Å²) in [4.78, 5) is 10.4. The van der Waals surface area contributed by atoms with Crippen molar-refractivity contribution in [1.29, 1.82) is 0 Å². The predicted octanol–water partition coefficient (Wildman–Crippen LogP) is 3.70. The van der Waals surface area contributed by atoms with E-state index >= 15 is 0 Å². The van der Waals surface area contributed by atoms with Gasteiger partial charge in [-0.25, -0.2) is 4.39 Å². The largest absolute Gasteiger partial charge is 0.505 e. The van der Waals surface area contributed by atoms with Gasteiger partial charge < -0.3 is 14.3 Å². The maximum Gasteiger partial charge on any atom is 0.207 e. The molecule has 0 saturated heterocycles. The lowest BCUT2D eigenvalue weighted by molar-refractivity contribution is -0.107. The van der Waals surface area contributed by atoms with Crippen LogP contribution in [0.25, 0.3) is 21.9 Å². The first kappa shape index (κ1) is 12.6. The van der Waals surface area contributed by atoms with Gasteiger partial charge in [0.15, 0.2) is 22.7 Å². The molecule has 1 heterocycles. The van der Waals surface area contributed by atoms with Crippen molar-refractivity contribution in [2.75, 3.05) is 0 Å². The summed E-state index contributed by atoms with van der Waals surface area (Å²) in [5.41, 5.74) is 0.104. The van der Waals surface area contributed by atoms with Crippen LogP contribution in [-0.2, 0) is 11.2 Å². The number of aromatic hydroxyl groups is 1. The lowest BCUT2D eigenvalue weighted by Gasteiger charge is -2.00. The van der Waals surface area contributed by atoms with Crippen LogP contribution in [0.5, 0.6) is 5.75 Å². The molecule has 3 aromatic rings. The third kappa shape index (κ3) is 1.74. The fourth-order valence-corrected chi connectivity index (χ4v) is 2.28. The molecular weight excluding hydrogens is 266 g/mol. The number of carbonyl (C=O) groups is 1. The van der Waals surface area contributed by atoms with Gasteiger partial charge in [0.05, 0.1) is 0 Å². The number of benzene rings is 2. The van der Waals surface area contributed by atoms with Gasteiger partial charge in [0.25, 0.3) is 0 Å². The minimum Gasteiger partial charge on any atom is -0.505 e. The van der Waals surface area contributed by atoms with Gasteiger partial charge in [0.2, 0.25) is 5.82 Å². The zero-order chi connectivity index (χ0) is 14.3. The topological polar surface area (TPSA) is 50.4 Å². The highest BCUT2D eigenvalue weighted by atomic mass is 19.1. The Morgan fingerprint density at radius 3 is 2.40 bits per heavy atom. The van der Waals surface area contributed by atoms with Crippen LogP contribution < -0.4 is 0 Å². The molecule has 0 radical (unpaired) electrons. The molecule has 0 aliphatic rings. The molecule has 1 aromatic heterocycles. The van der Waals surface area contributed by atoms with Gasteiger partial charge in [0, 0.05) is 17.2 Å². The molecule has 0 aliphatic heterocycles. The van der Waals surface area contributed by atoms with E-state index in [9.17, 15) is 18.7 Å². The highest BCUT2D eigenvalue weighted by Crippen LogP contribution is 2.35. The molecule has 0 fully saturated rings. The van der Waals surface area contributed by atoms with Crippen LogP contribution in [0.4, 0.5) is 8.78 Å². The fourth-order valence-electron chi connectivity index (χ4n) is 2.28. The van der Waals surface area contributed by atoms with Gasteiger partial charge in [0.1, 0.15) is 6.29 Å². The summed E-state index contributed by atoms with van der Waals surface area (Å²) in [6.07, 6.45) is 1.17. The number of aryl methyl sites for hydroxylation is 1. The zero-order valence-corrected chi connectivity index (χ0v) is 10.3. The zero-order valence-electron chi connectivity index (χ0n) is 10.3. The maximum atomic E-state index is 14.3. The van der Waals surface area contributed by atoms with E-state index in [0.29, 0.717) is 22.6 Å². The van der Waals surface area contributed by atoms with E-state index in [4.69, 9.17) is 4.42 Å². The van der Waals surface area contributed by atoms with Crippen molar-refractivity contribution in [2.24, 2.45) is 0 Å². The van der Waals surface area contributed by atoms with Gasteiger partial charge in [-0.15, -0.1) is 0 Å². The average Bonchev–Trinajstić information content (AvgIpc) is 2.83. The molecule has 20 heavy (non-hydrogen) atoms. The Hall–Kier alpha value is -2.43. The summed E-state index contributed by atoms with van der Waals surface area (Å²) in [5.74, 6) is -2.05. The molecule has 0 aliphatic carbocycles. The SMILES string of the molecule is O=CCCc1ccc2c(oc3c(F)c(O)ccc32)c1F. The van der Waals surface area contributed by atoms with E-state index in [1.165, 1.54) is 12.1 Å². The van der Waals surface area contributed by atoms with Crippen molar-refractivity contribution in [2.45, 2.75) is 12.8 Å². The van der Waals surface area contributed by atoms with E-state index in [-0.39, 0.29) is 24.0 Å². The Bertz CT molecular complexity index is 821. The normalized spacial score (nSPS) is 11.3. The number of phenols is 1. The first-order chi connectivity index (χ1) is 9.63. The quantitative estimate of drug-likeness (QED) is 0.742. The number of halogens is 2. The second kappa shape index (κ2) is 4.59. The molecule has 2 aromatic carbocycles. The summed E-state index contributed by atoms with van der Waals surface area (Å²) in [6, 6.07) is 5.86. The van der Waals surface area contributed by atoms with Crippen molar-refractivity contribution in [3.63, 3.8) is 0 Å². The molecule has 3 nitrogen and oxygen atoms in total. The number of hydrogen-bond acceptors (Lipinski definition) is 3. The number of phenolic OH excluding ortho intramolecular Hbond substituents is 1. The van der Waals surface area contributed by atoms with E-state index in [2.05, 4.69) is 0 Å². The van der Waals surface area contributed by atoms with Crippen molar-refractivity contribution in [3.8, 4) is 5.75 Å². The number of fused-ring (bicyclic) bond motifs is 3. The molecule has 0 unspecified atom stereocenters. The van der Waals surface area contributed by atoms with Crippen molar-refractivity contribution >= 4 is 28.2 Å². The summed E-state index contributed by atoms with van der Waals surface area (Å²) in [7, 11) is 0. The van der Waals surface area contributed by atoms with Gasteiger partial charge in [-0.05, 0) is 30.2 Å². The van der Waals surface area contributed by atoms with Crippen molar-refractivity contribution in [1.82, 2.24) is 0 Å². The Balaban J connectivity index is 2.30. The molecule has 1 N–H and O–H groups in total. The Kier molecular flexibility index (Phi) is 2.89. The molecule has 5 heteroatoms. The second-order valence-corrected chi connectivity index (χ2v) is 4.50.